The molecule has 1 aliphatic carbocycles. The van der Waals surface area contributed by atoms with Crippen molar-refractivity contribution in [2.24, 2.45) is 22.2 Å². The van der Waals surface area contributed by atoms with Gasteiger partial charge in [0.2, 0.25) is 0 Å². The van der Waals surface area contributed by atoms with Crippen LogP contribution in [0, 0.1) is 17.3 Å². The average molecular weight is 210 g/mol. The zero-order valence-corrected chi connectivity index (χ0v) is 10.9. The van der Waals surface area contributed by atoms with Crippen LogP contribution >= 0.6 is 0 Å². The van der Waals surface area contributed by atoms with Gasteiger partial charge in [-0.05, 0) is 37.0 Å². The van der Waals surface area contributed by atoms with E-state index in [1.54, 1.807) is 0 Å². The van der Waals surface area contributed by atoms with Crippen LogP contribution in [0.2, 0.25) is 0 Å². The highest BCUT2D eigenvalue weighted by Gasteiger charge is 2.30. The van der Waals surface area contributed by atoms with Gasteiger partial charge >= 0.3 is 0 Å². The summed E-state index contributed by atoms with van der Waals surface area (Å²) in [5.41, 5.74) is 0.480. The molecule has 0 aromatic carbocycles. The first kappa shape index (κ1) is 12.5. The smallest absolute Gasteiger partial charge is 0.0988 e. The Kier molecular flexibility index (Phi) is 4.18. The third kappa shape index (κ3) is 3.22. The molecule has 0 radical (unpaired) electrons. The molecule has 0 aliphatic heterocycles. The fraction of sp³-hybridized carbons (Fsp3) is 0.923. The highest BCUT2D eigenvalue weighted by Crippen LogP contribution is 2.39. The molecule has 0 aromatic heterocycles. The van der Waals surface area contributed by atoms with Gasteiger partial charge in [-0.3, -0.25) is 4.99 Å². The van der Waals surface area contributed by atoms with Crippen LogP contribution in [0.25, 0.3) is 0 Å². The quantitative estimate of drug-likeness (QED) is 0.522. The van der Waals surface area contributed by atoms with E-state index < -0.39 is 0 Å². The van der Waals surface area contributed by atoms with Crippen LogP contribution in [0.5, 0.6) is 0 Å². The molecule has 2 heteroatoms. The van der Waals surface area contributed by atoms with Gasteiger partial charge in [-0.15, -0.1) is 0 Å². The summed E-state index contributed by atoms with van der Waals surface area (Å²) in [6.07, 6.45) is 5.31. The highest BCUT2D eigenvalue weighted by molar-refractivity contribution is 5.84. The van der Waals surface area contributed by atoms with Crippen molar-refractivity contribution in [3.05, 3.63) is 0 Å². The fourth-order valence-corrected chi connectivity index (χ4v) is 2.73. The molecule has 0 heterocycles. The van der Waals surface area contributed by atoms with E-state index in [1.807, 2.05) is 14.1 Å². The Bertz CT molecular complexity index is 217. The molecular formula is C13H26N2. The van der Waals surface area contributed by atoms with Gasteiger partial charge in [0.25, 0.3) is 0 Å². The first-order chi connectivity index (χ1) is 6.99. The fourth-order valence-electron chi connectivity index (χ4n) is 2.73. The Hall–Kier alpha value is -0.530. The van der Waals surface area contributed by atoms with Crippen LogP contribution in [0.4, 0.5) is 0 Å². The molecule has 1 N–H and O–H groups in total. The zero-order valence-electron chi connectivity index (χ0n) is 10.9. The van der Waals surface area contributed by atoms with E-state index in [2.05, 4.69) is 31.1 Å². The van der Waals surface area contributed by atoms with E-state index in [-0.39, 0.29) is 0 Å². The molecule has 0 amide bonds. The summed E-state index contributed by atoms with van der Waals surface area (Å²) in [7, 11) is 3.87. The average Bonchev–Trinajstić information content (AvgIpc) is 2.19. The maximum atomic E-state index is 4.32. The molecule has 1 aliphatic rings. The standard InChI is InChI=1S/C13H26N2/c1-13(2,3)11-8-6-10(7-9-11)12(14-4)15-5/h10-11H,6-9H2,1-5H3,(H,14,15). The number of nitrogens with zero attached hydrogens (tertiary/aromatic N) is 1. The van der Waals surface area contributed by atoms with E-state index >= 15 is 0 Å². The SMILES string of the molecule is CN=C(NC)C1CCC(C(C)(C)C)CC1. The topological polar surface area (TPSA) is 24.4 Å². The lowest BCUT2D eigenvalue weighted by atomic mass is 9.69. The van der Waals surface area contributed by atoms with Gasteiger partial charge in [-0.1, -0.05) is 20.8 Å². The van der Waals surface area contributed by atoms with E-state index in [9.17, 15) is 0 Å². The third-order valence-electron chi connectivity index (χ3n) is 3.84. The Morgan fingerprint density at radius 3 is 2.00 bits per heavy atom. The van der Waals surface area contributed by atoms with Gasteiger partial charge in [-0.2, -0.15) is 0 Å². The molecule has 88 valence electrons. The minimum Gasteiger partial charge on any atom is -0.377 e. The molecule has 2 nitrogen and oxygen atoms in total. The van der Waals surface area contributed by atoms with Gasteiger partial charge in [0, 0.05) is 20.0 Å². The lowest BCUT2D eigenvalue weighted by Gasteiger charge is -2.37. The van der Waals surface area contributed by atoms with Crippen LogP contribution in [-0.2, 0) is 0 Å². The van der Waals surface area contributed by atoms with Crippen molar-refractivity contribution in [3.8, 4) is 0 Å². The third-order valence-corrected chi connectivity index (χ3v) is 3.84. The number of amidine groups is 1. The van der Waals surface area contributed by atoms with Crippen molar-refractivity contribution < 1.29 is 0 Å². The molecule has 0 aromatic rings. The molecule has 0 spiro atoms. The molecule has 1 rings (SSSR count). The summed E-state index contributed by atoms with van der Waals surface area (Å²) in [4.78, 5) is 4.32. The van der Waals surface area contributed by atoms with Crippen molar-refractivity contribution >= 4 is 5.84 Å². The largest absolute Gasteiger partial charge is 0.377 e. The van der Waals surface area contributed by atoms with Gasteiger partial charge < -0.3 is 5.32 Å². The number of nitrogens with one attached hydrogen (secondary N) is 1. The molecule has 1 fully saturated rings. The van der Waals surface area contributed by atoms with Crippen LogP contribution in [-0.4, -0.2) is 19.9 Å². The van der Waals surface area contributed by atoms with Crippen molar-refractivity contribution in [2.45, 2.75) is 46.5 Å². The van der Waals surface area contributed by atoms with Crippen LogP contribution < -0.4 is 5.32 Å². The molecule has 15 heavy (non-hydrogen) atoms. The van der Waals surface area contributed by atoms with Crippen molar-refractivity contribution in [1.29, 1.82) is 0 Å². The number of rotatable bonds is 1. The predicted molar refractivity (Wildman–Crippen MR) is 67.3 cm³/mol. The van der Waals surface area contributed by atoms with Crippen LogP contribution in [0.15, 0.2) is 4.99 Å². The maximum absolute atomic E-state index is 4.32. The zero-order chi connectivity index (χ0) is 11.5. The Labute approximate surface area is 94.6 Å². The van der Waals surface area contributed by atoms with Gasteiger partial charge in [0.05, 0.1) is 5.84 Å². The lowest BCUT2D eigenvalue weighted by molar-refractivity contribution is 0.166. The summed E-state index contributed by atoms with van der Waals surface area (Å²) in [6, 6.07) is 0. The number of hydrogen-bond donors (Lipinski definition) is 1. The summed E-state index contributed by atoms with van der Waals surface area (Å²) in [5.74, 6) is 2.77. The van der Waals surface area contributed by atoms with Crippen molar-refractivity contribution in [3.63, 3.8) is 0 Å². The molecule has 0 atom stereocenters. The maximum Gasteiger partial charge on any atom is 0.0988 e. The second kappa shape index (κ2) is 5.00. The van der Waals surface area contributed by atoms with Gasteiger partial charge in [0.1, 0.15) is 0 Å². The monoisotopic (exact) mass is 210 g/mol. The van der Waals surface area contributed by atoms with Gasteiger partial charge in [0.15, 0.2) is 0 Å². The molecule has 0 bridgehead atoms. The number of aliphatic imine (C=N–C) groups is 1. The first-order valence-electron chi connectivity index (χ1n) is 6.13. The first-order valence-corrected chi connectivity index (χ1v) is 6.13. The van der Waals surface area contributed by atoms with E-state index in [4.69, 9.17) is 0 Å². The van der Waals surface area contributed by atoms with Crippen molar-refractivity contribution in [1.82, 2.24) is 5.32 Å². The number of hydrogen-bond acceptors (Lipinski definition) is 1. The minimum absolute atomic E-state index is 0.480. The van der Waals surface area contributed by atoms with Gasteiger partial charge in [-0.25, -0.2) is 0 Å². The van der Waals surface area contributed by atoms with E-state index in [1.165, 1.54) is 31.5 Å². The second-order valence-corrected chi connectivity index (χ2v) is 5.77. The summed E-state index contributed by atoms with van der Waals surface area (Å²) in [6.45, 7) is 7.10. The Morgan fingerprint density at radius 1 is 1.13 bits per heavy atom. The van der Waals surface area contributed by atoms with Crippen molar-refractivity contribution in [2.75, 3.05) is 14.1 Å². The normalized spacial score (nSPS) is 29.0. The highest BCUT2D eigenvalue weighted by atomic mass is 15.0. The van der Waals surface area contributed by atoms with E-state index in [0.29, 0.717) is 11.3 Å². The Balaban J connectivity index is 2.49. The summed E-state index contributed by atoms with van der Waals surface area (Å²) >= 11 is 0. The molecule has 0 saturated heterocycles. The Morgan fingerprint density at radius 2 is 1.67 bits per heavy atom. The molecule has 0 unspecified atom stereocenters. The summed E-state index contributed by atoms with van der Waals surface area (Å²) < 4.78 is 0. The minimum atomic E-state index is 0.480. The lowest BCUT2D eigenvalue weighted by Crippen LogP contribution is -2.33. The summed E-state index contributed by atoms with van der Waals surface area (Å²) in [5, 5.41) is 3.23. The predicted octanol–water partition coefficient (Wildman–Crippen LogP) is 3.09. The van der Waals surface area contributed by atoms with Crippen LogP contribution in [0.1, 0.15) is 46.5 Å². The molecular weight excluding hydrogens is 184 g/mol. The molecule has 1 saturated carbocycles. The second-order valence-electron chi connectivity index (χ2n) is 5.77. The van der Waals surface area contributed by atoms with Crippen LogP contribution in [0.3, 0.4) is 0 Å². The van der Waals surface area contributed by atoms with E-state index in [0.717, 1.165) is 5.92 Å².